The van der Waals surface area contributed by atoms with E-state index in [4.69, 9.17) is 9.47 Å². The Morgan fingerprint density at radius 2 is 2.21 bits per heavy atom. The van der Waals surface area contributed by atoms with Crippen molar-refractivity contribution in [3.8, 4) is 5.75 Å². The summed E-state index contributed by atoms with van der Waals surface area (Å²) >= 11 is 0. The molecule has 0 aromatic heterocycles. The average molecular weight is 265 g/mol. The monoisotopic (exact) mass is 265 g/mol. The summed E-state index contributed by atoms with van der Waals surface area (Å²) in [6.45, 7) is 3.65. The second kappa shape index (κ2) is 5.10. The van der Waals surface area contributed by atoms with E-state index in [1.54, 1.807) is 6.07 Å². The highest BCUT2D eigenvalue weighted by molar-refractivity contribution is 5.42. The standard InChI is InChI=1S/C15H20FNO2/c1-10(11-3-4-11)17(2)7-12-5-14(16)6-13-8-18-9-19-15(12)13/h5-6,10-11H,3-4,7-9H2,1-2H3. The van der Waals surface area contributed by atoms with Gasteiger partial charge in [0, 0.05) is 23.7 Å². The lowest BCUT2D eigenvalue weighted by atomic mass is 10.1. The third-order valence-electron chi connectivity index (χ3n) is 4.17. The van der Waals surface area contributed by atoms with Crippen molar-refractivity contribution < 1.29 is 13.9 Å². The molecular formula is C15H20FNO2. The van der Waals surface area contributed by atoms with E-state index in [0.29, 0.717) is 12.6 Å². The van der Waals surface area contributed by atoms with Gasteiger partial charge in [-0.05, 0) is 44.9 Å². The van der Waals surface area contributed by atoms with E-state index in [1.807, 2.05) is 0 Å². The molecule has 0 radical (unpaired) electrons. The molecule has 0 N–H and O–H groups in total. The van der Waals surface area contributed by atoms with Gasteiger partial charge < -0.3 is 9.47 Å². The molecule has 3 rings (SSSR count). The maximum absolute atomic E-state index is 13.6. The zero-order chi connectivity index (χ0) is 13.4. The number of nitrogens with zero attached hydrogens (tertiary/aromatic N) is 1. The Morgan fingerprint density at radius 1 is 1.42 bits per heavy atom. The van der Waals surface area contributed by atoms with Crippen LogP contribution in [0, 0.1) is 11.7 Å². The largest absolute Gasteiger partial charge is 0.467 e. The van der Waals surface area contributed by atoms with E-state index in [-0.39, 0.29) is 12.6 Å². The molecule has 1 aliphatic heterocycles. The fourth-order valence-corrected chi connectivity index (χ4v) is 2.73. The predicted molar refractivity (Wildman–Crippen MR) is 70.3 cm³/mol. The van der Waals surface area contributed by atoms with Crippen molar-refractivity contribution >= 4 is 0 Å². The summed E-state index contributed by atoms with van der Waals surface area (Å²) in [7, 11) is 2.10. The van der Waals surface area contributed by atoms with Crippen LogP contribution in [0.4, 0.5) is 4.39 Å². The lowest BCUT2D eigenvalue weighted by Crippen LogP contribution is -2.30. The Hall–Kier alpha value is -1.13. The number of hydrogen-bond donors (Lipinski definition) is 0. The molecule has 19 heavy (non-hydrogen) atoms. The van der Waals surface area contributed by atoms with Crippen molar-refractivity contribution in [1.29, 1.82) is 0 Å². The fourth-order valence-electron chi connectivity index (χ4n) is 2.73. The first kappa shape index (κ1) is 12.9. The average Bonchev–Trinajstić information content (AvgIpc) is 3.21. The van der Waals surface area contributed by atoms with Gasteiger partial charge in [0.2, 0.25) is 0 Å². The first-order valence-electron chi connectivity index (χ1n) is 6.87. The van der Waals surface area contributed by atoms with Crippen molar-refractivity contribution in [2.75, 3.05) is 13.8 Å². The van der Waals surface area contributed by atoms with Crippen LogP contribution < -0.4 is 4.74 Å². The Kier molecular flexibility index (Phi) is 3.46. The molecule has 1 atom stereocenters. The van der Waals surface area contributed by atoms with Crippen LogP contribution in [0.1, 0.15) is 30.9 Å². The minimum absolute atomic E-state index is 0.213. The molecule has 1 aromatic carbocycles. The number of hydrogen-bond acceptors (Lipinski definition) is 3. The smallest absolute Gasteiger partial charge is 0.189 e. The summed E-state index contributed by atoms with van der Waals surface area (Å²) in [4.78, 5) is 2.28. The van der Waals surface area contributed by atoms with Crippen molar-refractivity contribution in [2.45, 2.75) is 39.0 Å². The van der Waals surface area contributed by atoms with Gasteiger partial charge in [-0.3, -0.25) is 4.90 Å². The van der Waals surface area contributed by atoms with E-state index in [9.17, 15) is 4.39 Å². The van der Waals surface area contributed by atoms with Gasteiger partial charge in [0.1, 0.15) is 11.6 Å². The topological polar surface area (TPSA) is 21.7 Å². The van der Waals surface area contributed by atoms with Crippen LogP contribution in [0.2, 0.25) is 0 Å². The highest BCUT2D eigenvalue weighted by Crippen LogP contribution is 2.36. The first-order chi connectivity index (χ1) is 9.15. The van der Waals surface area contributed by atoms with Crippen molar-refractivity contribution in [1.82, 2.24) is 4.90 Å². The van der Waals surface area contributed by atoms with Crippen LogP contribution in [0.5, 0.6) is 5.75 Å². The first-order valence-corrected chi connectivity index (χ1v) is 6.87. The summed E-state index contributed by atoms with van der Waals surface area (Å²) in [5.74, 6) is 1.40. The van der Waals surface area contributed by atoms with E-state index >= 15 is 0 Å². The predicted octanol–water partition coefficient (Wildman–Crippen LogP) is 2.92. The summed E-state index contributed by atoms with van der Waals surface area (Å²) < 4.78 is 24.4. The Morgan fingerprint density at radius 3 is 2.95 bits per heavy atom. The van der Waals surface area contributed by atoms with Crippen molar-refractivity contribution in [3.63, 3.8) is 0 Å². The van der Waals surface area contributed by atoms with Crippen LogP contribution >= 0.6 is 0 Å². The maximum Gasteiger partial charge on any atom is 0.189 e. The molecule has 0 bridgehead atoms. The van der Waals surface area contributed by atoms with Gasteiger partial charge in [0.25, 0.3) is 0 Å². The van der Waals surface area contributed by atoms with Crippen molar-refractivity contribution in [2.24, 2.45) is 5.92 Å². The molecule has 4 heteroatoms. The summed E-state index contributed by atoms with van der Waals surface area (Å²) in [5, 5.41) is 0. The van der Waals surface area contributed by atoms with Gasteiger partial charge >= 0.3 is 0 Å². The Bertz CT molecular complexity index is 473. The second-order valence-corrected chi connectivity index (χ2v) is 5.66. The van der Waals surface area contributed by atoms with E-state index in [0.717, 1.165) is 29.3 Å². The molecule has 0 saturated heterocycles. The highest BCUT2D eigenvalue weighted by Gasteiger charge is 2.31. The second-order valence-electron chi connectivity index (χ2n) is 5.66. The third kappa shape index (κ3) is 2.74. The van der Waals surface area contributed by atoms with Gasteiger partial charge in [-0.25, -0.2) is 4.39 Å². The molecular weight excluding hydrogens is 245 g/mol. The molecule has 1 fully saturated rings. The van der Waals surface area contributed by atoms with Crippen LogP contribution in [0.3, 0.4) is 0 Å². The number of fused-ring (bicyclic) bond motifs is 1. The highest BCUT2D eigenvalue weighted by atomic mass is 19.1. The lowest BCUT2D eigenvalue weighted by molar-refractivity contribution is -0.0177. The molecule has 0 amide bonds. The molecule has 104 valence electrons. The zero-order valence-electron chi connectivity index (χ0n) is 11.5. The molecule has 1 saturated carbocycles. The maximum atomic E-state index is 13.6. The molecule has 1 aromatic rings. The summed E-state index contributed by atoms with van der Waals surface area (Å²) in [6.07, 6.45) is 2.63. The molecule has 3 nitrogen and oxygen atoms in total. The van der Waals surface area contributed by atoms with Gasteiger partial charge in [-0.1, -0.05) is 0 Å². The normalized spacial score (nSPS) is 20.0. The van der Waals surface area contributed by atoms with Crippen LogP contribution in [-0.2, 0) is 17.9 Å². The van der Waals surface area contributed by atoms with E-state index in [1.165, 1.54) is 18.9 Å². The molecule has 1 heterocycles. The summed E-state index contributed by atoms with van der Waals surface area (Å²) in [5.41, 5.74) is 1.74. The number of rotatable bonds is 4. The van der Waals surface area contributed by atoms with E-state index in [2.05, 4.69) is 18.9 Å². The van der Waals surface area contributed by atoms with Crippen molar-refractivity contribution in [3.05, 3.63) is 29.1 Å². The molecule has 1 aliphatic carbocycles. The lowest BCUT2D eigenvalue weighted by Gasteiger charge is -2.27. The van der Waals surface area contributed by atoms with Gasteiger partial charge in [0.15, 0.2) is 6.79 Å². The van der Waals surface area contributed by atoms with E-state index < -0.39 is 0 Å². The van der Waals surface area contributed by atoms with Crippen LogP contribution in [-0.4, -0.2) is 24.8 Å². The van der Waals surface area contributed by atoms with Gasteiger partial charge in [-0.15, -0.1) is 0 Å². The SMILES string of the molecule is CC(C1CC1)N(C)Cc1cc(F)cc2c1OCOC2. The Balaban J connectivity index is 1.81. The Labute approximate surface area is 113 Å². The molecule has 2 aliphatic rings. The zero-order valence-corrected chi connectivity index (χ0v) is 11.5. The quantitative estimate of drug-likeness (QED) is 0.835. The summed E-state index contributed by atoms with van der Waals surface area (Å²) in [6, 6.07) is 3.63. The van der Waals surface area contributed by atoms with Gasteiger partial charge in [-0.2, -0.15) is 0 Å². The van der Waals surface area contributed by atoms with Crippen LogP contribution in [0.25, 0.3) is 0 Å². The minimum atomic E-state index is -0.213. The minimum Gasteiger partial charge on any atom is -0.467 e. The van der Waals surface area contributed by atoms with Gasteiger partial charge in [0.05, 0.1) is 6.61 Å². The molecule has 0 spiro atoms. The fraction of sp³-hybridized carbons (Fsp3) is 0.600. The number of benzene rings is 1. The third-order valence-corrected chi connectivity index (χ3v) is 4.17. The number of halogens is 1. The number of ether oxygens (including phenoxy) is 2. The molecule has 1 unspecified atom stereocenters. The van der Waals surface area contributed by atoms with Crippen LogP contribution in [0.15, 0.2) is 12.1 Å².